The average molecular weight is 282 g/mol. The number of amides is 1. The molecule has 0 radical (unpaired) electrons. The highest BCUT2D eigenvalue weighted by Crippen LogP contribution is 2.20. The van der Waals surface area contributed by atoms with Gasteiger partial charge in [0.25, 0.3) is 0 Å². The van der Waals surface area contributed by atoms with E-state index < -0.39 is 5.82 Å². The summed E-state index contributed by atoms with van der Waals surface area (Å²) in [5, 5.41) is 2.50. The molecule has 0 aliphatic carbocycles. The van der Waals surface area contributed by atoms with Gasteiger partial charge in [-0.05, 0) is 24.7 Å². The fraction of sp³-hybridized carbons (Fsp3) is 0.429. The van der Waals surface area contributed by atoms with Crippen molar-refractivity contribution in [2.24, 2.45) is 0 Å². The van der Waals surface area contributed by atoms with Gasteiger partial charge in [0.15, 0.2) is 5.78 Å². The second kappa shape index (κ2) is 7.59. The van der Waals surface area contributed by atoms with Gasteiger partial charge in [0.05, 0.1) is 25.8 Å². The number of hydrogen-bond acceptors (Lipinski definition) is 4. The summed E-state index contributed by atoms with van der Waals surface area (Å²) < 4.78 is 18.3. The van der Waals surface area contributed by atoms with Gasteiger partial charge in [-0.1, -0.05) is 6.92 Å². The van der Waals surface area contributed by atoms with Crippen molar-refractivity contribution in [1.82, 2.24) is 10.2 Å². The van der Waals surface area contributed by atoms with Crippen LogP contribution >= 0.6 is 0 Å². The lowest BCUT2D eigenvalue weighted by Gasteiger charge is -2.19. The molecule has 0 aromatic heterocycles. The summed E-state index contributed by atoms with van der Waals surface area (Å²) in [6, 6.07) is 3.80. The van der Waals surface area contributed by atoms with Gasteiger partial charge < -0.3 is 10.1 Å². The number of ketones is 1. The number of halogens is 1. The number of rotatable bonds is 7. The number of carbonyl (C=O) groups is 2. The van der Waals surface area contributed by atoms with Crippen molar-refractivity contribution >= 4 is 11.7 Å². The van der Waals surface area contributed by atoms with E-state index in [1.807, 2.05) is 6.92 Å². The van der Waals surface area contributed by atoms with Crippen molar-refractivity contribution in [2.45, 2.75) is 6.92 Å². The van der Waals surface area contributed by atoms with Crippen molar-refractivity contribution in [1.29, 1.82) is 0 Å². The topological polar surface area (TPSA) is 58.6 Å². The molecule has 5 nitrogen and oxygen atoms in total. The Balaban J connectivity index is 2.84. The Hall–Kier alpha value is -1.95. The highest BCUT2D eigenvalue weighted by atomic mass is 19.1. The highest BCUT2D eigenvalue weighted by molar-refractivity contribution is 6.00. The SMILES string of the molecule is CCN(CC(=O)NC)CC(=O)c1cc(F)ccc1OC. The van der Waals surface area contributed by atoms with Gasteiger partial charge in [-0.25, -0.2) is 4.39 Å². The minimum Gasteiger partial charge on any atom is -0.496 e. The number of nitrogens with zero attached hydrogens (tertiary/aromatic N) is 1. The van der Waals surface area contributed by atoms with Crippen LogP contribution in [-0.4, -0.2) is 50.4 Å². The maximum atomic E-state index is 13.2. The van der Waals surface area contributed by atoms with Crippen molar-refractivity contribution in [3.05, 3.63) is 29.6 Å². The van der Waals surface area contributed by atoms with Crippen LogP contribution in [0, 0.1) is 5.82 Å². The van der Waals surface area contributed by atoms with E-state index in [0.717, 1.165) is 6.07 Å². The van der Waals surface area contributed by atoms with E-state index >= 15 is 0 Å². The summed E-state index contributed by atoms with van der Waals surface area (Å²) in [5.74, 6) is -0.631. The second-order valence-corrected chi connectivity index (χ2v) is 4.24. The molecule has 0 atom stereocenters. The molecule has 1 aromatic carbocycles. The van der Waals surface area contributed by atoms with Crippen molar-refractivity contribution in [2.75, 3.05) is 33.8 Å². The fourth-order valence-electron chi connectivity index (χ4n) is 1.75. The number of hydrogen-bond donors (Lipinski definition) is 1. The van der Waals surface area contributed by atoms with Crippen LogP contribution in [0.5, 0.6) is 5.75 Å². The lowest BCUT2D eigenvalue weighted by Crippen LogP contribution is -2.38. The standard InChI is InChI=1S/C14H19FN2O3/c1-4-17(9-14(19)16-2)8-12(18)11-7-10(15)5-6-13(11)20-3/h5-7H,4,8-9H2,1-3H3,(H,16,19). The van der Waals surface area contributed by atoms with Crippen LogP contribution < -0.4 is 10.1 Å². The molecule has 0 heterocycles. The number of methoxy groups -OCH3 is 1. The van der Waals surface area contributed by atoms with E-state index in [2.05, 4.69) is 5.32 Å². The maximum Gasteiger partial charge on any atom is 0.233 e. The maximum absolute atomic E-state index is 13.2. The first-order chi connectivity index (χ1) is 9.51. The largest absolute Gasteiger partial charge is 0.496 e. The molecule has 0 spiro atoms. The van der Waals surface area contributed by atoms with Crippen molar-refractivity contribution in [3.63, 3.8) is 0 Å². The van der Waals surface area contributed by atoms with Crippen LogP contribution in [0.25, 0.3) is 0 Å². The smallest absolute Gasteiger partial charge is 0.233 e. The first kappa shape index (κ1) is 16.1. The molecule has 0 fully saturated rings. The molecule has 1 amide bonds. The molecule has 6 heteroatoms. The second-order valence-electron chi connectivity index (χ2n) is 4.24. The van der Waals surface area contributed by atoms with Crippen LogP contribution in [0.4, 0.5) is 4.39 Å². The summed E-state index contributed by atoms with van der Waals surface area (Å²) in [7, 11) is 2.96. The minimum atomic E-state index is -0.497. The number of carbonyl (C=O) groups excluding carboxylic acids is 2. The number of Topliss-reactive ketones (excluding diaryl/α,β-unsaturated/α-hetero) is 1. The molecule has 0 saturated heterocycles. The Morgan fingerprint density at radius 2 is 2.05 bits per heavy atom. The van der Waals surface area contributed by atoms with Crippen molar-refractivity contribution in [3.8, 4) is 5.75 Å². The third-order valence-electron chi connectivity index (χ3n) is 2.92. The van der Waals surface area contributed by atoms with Gasteiger partial charge in [-0.15, -0.1) is 0 Å². The number of nitrogens with one attached hydrogen (secondary N) is 1. The zero-order valence-electron chi connectivity index (χ0n) is 11.9. The number of likely N-dealkylation sites (N-methyl/N-ethyl adjacent to an activating group) is 2. The molecule has 20 heavy (non-hydrogen) atoms. The lowest BCUT2D eigenvalue weighted by molar-refractivity contribution is -0.121. The van der Waals surface area contributed by atoms with Gasteiger partial charge in [-0.3, -0.25) is 14.5 Å². The summed E-state index contributed by atoms with van der Waals surface area (Å²) >= 11 is 0. The first-order valence-corrected chi connectivity index (χ1v) is 6.31. The van der Waals surface area contributed by atoms with E-state index in [1.54, 1.807) is 4.90 Å². The van der Waals surface area contributed by atoms with E-state index in [9.17, 15) is 14.0 Å². The van der Waals surface area contributed by atoms with E-state index in [0.29, 0.717) is 12.3 Å². The normalized spacial score (nSPS) is 10.4. The number of ether oxygens (including phenoxy) is 1. The Kier molecular flexibility index (Phi) is 6.11. The van der Waals surface area contributed by atoms with Crippen LogP contribution in [0.2, 0.25) is 0 Å². The van der Waals surface area contributed by atoms with E-state index in [-0.39, 0.29) is 30.3 Å². The number of benzene rings is 1. The summed E-state index contributed by atoms with van der Waals surface area (Å²) in [6.07, 6.45) is 0. The quantitative estimate of drug-likeness (QED) is 0.760. The molecule has 0 aliphatic rings. The third kappa shape index (κ3) is 4.31. The van der Waals surface area contributed by atoms with Crippen LogP contribution in [0.1, 0.15) is 17.3 Å². The Labute approximate surface area is 117 Å². The first-order valence-electron chi connectivity index (χ1n) is 6.31. The molecule has 1 rings (SSSR count). The van der Waals surface area contributed by atoms with E-state index in [4.69, 9.17) is 4.74 Å². The van der Waals surface area contributed by atoms with Crippen LogP contribution in [-0.2, 0) is 4.79 Å². The zero-order chi connectivity index (χ0) is 15.1. The van der Waals surface area contributed by atoms with Gasteiger partial charge in [0.2, 0.25) is 5.91 Å². The third-order valence-corrected chi connectivity index (χ3v) is 2.92. The molecule has 0 aliphatic heterocycles. The Morgan fingerprint density at radius 3 is 2.60 bits per heavy atom. The highest BCUT2D eigenvalue weighted by Gasteiger charge is 2.17. The minimum absolute atomic E-state index is 0.0315. The summed E-state index contributed by atoms with van der Waals surface area (Å²) in [4.78, 5) is 25.2. The van der Waals surface area contributed by atoms with Gasteiger partial charge >= 0.3 is 0 Å². The molecular formula is C14H19FN2O3. The Morgan fingerprint density at radius 1 is 1.35 bits per heavy atom. The molecule has 0 saturated carbocycles. The monoisotopic (exact) mass is 282 g/mol. The predicted octanol–water partition coefficient (Wildman–Crippen LogP) is 1.08. The molecule has 1 N–H and O–H groups in total. The van der Waals surface area contributed by atoms with Gasteiger partial charge in [-0.2, -0.15) is 0 Å². The summed E-state index contributed by atoms with van der Waals surface area (Å²) in [5.41, 5.74) is 0.183. The molecule has 0 bridgehead atoms. The van der Waals surface area contributed by atoms with E-state index in [1.165, 1.54) is 26.3 Å². The fourth-order valence-corrected chi connectivity index (χ4v) is 1.75. The summed E-state index contributed by atoms with van der Waals surface area (Å²) in [6.45, 7) is 2.54. The predicted molar refractivity (Wildman–Crippen MR) is 73.5 cm³/mol. The van der Waals surface area contributed by atoms with Crippen LogP contribution in [0.15, 0.2) is 18.2 Å². The van der Waals surface area contributed by atoms with Gasteiger partial charge in [0, 0.05) is 7.05 Å². The molecular weight excluding hydrogens is 263 g/mol. The molecule has 110 valence electrons. The van der Waals surface area contributed by atoms with Gasteiger partial charge in [0.1, 0.15) is 11.6 Å². The zero-order valence-corrected chi connectivity index (χ0v) is 11.9. The van der Waals surface area contributed by atoms with Crippen LogP contribution in [0.3, 0.4) is 0 Å². The Bertz CT molecular complexity index is 491. The average Bonchev–Trinajstić information content (AvgIpc) is 2.45. The van der Waals surface area contributed by atoms with Crippen molar-refractivity contribution < 1.29 is 18.7 Å². The lowest BCUT2D eigenvalue weighted by atomic mass is 10.1. The molecule has 1 aromatic rings. The molecule has 0 unspecified atom stereocenters.